The minimum absolute atomic E-state index is 0.112. The Bertz CT molecular complexity index is 1460. The number of carbonyl (C=O) groups excluding carboxylic acids is 2. The number of nitrogens with one attached hydrogen (secondary N) is 3. The van der Waals surface area contributed by atoms with E-state index in [1.54, 1.807) is 55.8 Å². The van der Waals surface area contributed by atoms with Crippen molar-refractivity contribution >= 4 is 17.9 Å². The average molecular weight is 577 g/mol. The van der Waals surface area contributed by atoms with Gasteiger partial charge in [-0.1, -0.05) is 0 Å². The highest BCUT2D eigenvalue weighted by molar-refractivity contribution is 5.95. The maximum absolute atomic E-state index is 13.7. The molecule has 0 atom stereocenters. The number of hydrogen-bond donors (Lipinski definition) is 3. The molecule has 42 heavy (non-hydrogen) atoms. The second-order valence-corrected chi connectivity index (χ2v) is 10.0. The van der Waals surface area contributed by atoms with Gasteiger partial charge < -0.3 is 34.6 Å². The van der Waals surface area contributed by atoms with Crippen molar-refractivity contribution < 1.29 is 23.1 Å². The van der Waals surface area contributed by atoms with Gasteiger partial charge in [0.15, 0.2) is 12.0 Å². The van der Waals surface area contributed by atoms with Crippen LogP contribution in [0.3, 0.4) is 0 Å². The van der Waals surface area contributed by atoms with Crippen LogP contribution in [0.5, 0.6) is 11.5 Å². The number of nitrogens with zero attached hydrogens (tertiary/aromatic N) is 3. The first kappa shape index (κ1) is 30.5. The molecule has 4 aromatic rings. The third kappa shape index (κ3) is 8.51. The van der Waals surface area contributed by atoms with E-state index >= 15 is 0 Å². The lowest BCUT2D eigenvalue weighted by atomic mass is 10.2. The number of anilines is 1. The minimum atomic E-state index is -0.346. The largest absolute Gasteiger partial charge is 0.461 e. The predicted octanol–water partition coefficient (Wildman–Crippen LogP) is 4.82. The van der Waals surface area contributed by atoms with Crippen LogP contribution in [0.2, 0.25) is 0 Å². The summed E-state index contributed by atoms with van der Waals surface area (Å²) in [5.74, 6) is 1.03. The normalized spacial score (nSPS) is 13.6. The van der Waals surface area contributed by atoms with Crippen LogP contribution in [0, 0.1) is 12.7 Å². The molecule has 1 fully saturated rings. The molecule has 0 bridgehead atoms. The molecule has 4 heterocycles. The summed E-state index contributed by atoms with van der Waals surface area (Å²) in [6.07, 6.45) is 6.44. The van der Waals surface area contributed by atoms with Crippen LogP contribution in [0.15, 0.2) is 65.5 Å². The summed E-state index contributed by atoms with van der Waals surface area (Å²) in [6, 6.07) is 11.5. The lowest BCUT2D eigenvalue weighted by Crippen LogP contribution is -2.45. The molecular weight excluding hydrogens is 539 g/mol. The summed E-state index contributed by atoms with van der Waals surface area (Å²) in [5.41, 5.74) is 3.15. The number of piperazine rings is 1. The Morgan fingerprint density at radius 2 is 1.93 bits per heavy atom. The van der Waals surface area contributed by atoms with Crippen molar-refractivity contribution in [1.82, 2.24) is 25.1 Å². The van der Waals surface area contributed by atoms with Crippen LogP contribution in [-0.2, 0) is 0 Å². The summed E-state index contributed by atoms with van der Waals surface area (Å²) in [5, 5.41) is 5.79. The third-order valence-electron chi connectivity index (χ3n) is 6.94. The summed E-state index contributed by atoms with van der Waals surface area (Å²) < 4.78 is 24.3. The quantitative estimate of drug-likeness (QED) is 0.182. The van der Waals surface area contributed by atoms with Crippen LogP contribution in [-0.4, -0.2) is 85.3 Å². The van der Waals surface area contributed by atoms with E-state index in [0.717, 1.165) is 44.7 Å². The highest BCUT2D eigenvalue weighted by Gasteiger charge is 2.14. The molecule has 0 aliphatic carbocycles. The topological polar surface area (TPSA) is 116 Å². The fourth-order valence-electron chi connectivity index (χ4n) is 4.37. The van der Waals surface area contributed by atoms with E-state index in [1.807, 2.05) is 6.92 Å². The zero-order valence-corrected chi connectivity index (χ0v) is 24.2. The van der Waals surface area contributed by atoms with E-state index in [9.17, 15) is 14.0 Å². The molecule has 3 aromatic heterocycles. The molecule has 0 saturated carbocycles. The Kier molecular flexibility index (Phi) is 10.8. The fourth-order valence-corrected chi connectivity index (χ4v) is 4.37. The van der Waals surface area contributed by atoms with Crippen LogP contribution < -0.4 is 15.4 Å². The molecular formula is C31H37FN6O4. The predicted molar refractivity (Wildman–Crippen MR) is 160 cm³/mol. The van der Waals surface area contributed by atoms with E-state index in [2.05, 4.69) is 37.4 Å². The standard InChI is InChI=1S/C25H31FN6O2.C6H6O2/c1-27-22-15-19(4-5-21(22)26)34-20-6-8-28-24(16-20)23-14-18(17-30-23)25(33)29-7-3-9-32-12-10-31(2)11-13-32;1-5-2-3-8-6(5)4-7/h4-6,8,14-17,27,30H,3,7,9-13H2,1-2H3,(H,29,33);2-4H,1H3. The van der Waals surface area contributed by atoms with E-state index in [1.165, 1.54) is 12.3 Å². The molecule has 3 N–H and O–H groups in total. The maximum atomic E-state index is 13.7. The van der Waals surface area contributed by atoms with Gasteiger partial charge in [-0.15, -0.1) is 0 Å². The summed E-state index contributed by atoms with van der Waals surface area (Å²) in [4.78, 5) is 34.8. The van der Waals surface area contributed by atoms with Gasteiger partial charge >= 0.3 is 0 Å². The number of likely N-dealkylation sites (N-methyl/N-ethyl adjacent to an activating group) is 1. The lowest BCUT2D eigenvalue weighted by Gasteiger charge is -2.32. The van der Waals surface area contributed by atoms with Gasteiger partial charge in [0.05, 0.1) is 28.9 Å². The summed E-state index contributed by atoms with van der Waals surface area (Å²) in [6.45, 7) is 7.82. The van der Waals surface area contributed by atoms with Gasteiger partial charge in [-0.05, 0) is 62.8 Å². The van der Waals surface area contributed by atoms with Gasteiger partial charge in [-0.25, -0.2) is 4.39 Å². The first-order valence-corrected chi connectivity index (χ1v) is 13.8. The molecule has 0 radical (unpaired) electrons. The number of aryl methyl sites for hydroxylation is 1. The van der Waals surface area contributed by atoms with Crippen LogP contribution in [0.4, 0.5) is 10.1 Å². The first-order valence-electron chi connectivity index (χ1n) is 13.8. The Morgan fingerprint density at radius 3 is 2.62 bits per heavy atom. The smallest absolute Gasteiger partial charge is 0.252 e. The van der Waals surface area contributed by atoms with Crippen LogP contribution in [0.1, 0.15) is 32.9 Å². The van der Waals surface area contributed by atoms with E-state index < -0.39 is 0 Å². The van der Waals surface area contributed by atoms with Crippen molar-refractivity contribution in [3.63, 3.8) is 0 Å². The van der Waals surface area contributed by atoms with Gasteiger partial charge in [0.25, 0.3) is 5.91 Å². The van der Waals surface area contributed by atoms with Crippen molar-refractivity contribution in [3.8, 4) is 22.9 Å². The van der Waals surface area contributed by atoms with Gasteiger partial charge in [0, 0.05) is 64.3 Å². The number of aromatic amines is 1. The molecule has 0 spiro atoms. The Morgan fingerprint density at radius 1 is 1.14 bits per heavy atom. The van der Waals surface area contributed by atoms with Gasteiger partial charge in [-0.3, -0.25) is 14.6 Å². The number of hydrogen-bond acceptors (Lipinski definition) is 8. The number of furan rings is 1. The number of carbonyl (C=O) groups is 2. The van der Waals surface area contributed by atoms with Crippen molar-refractivity contribution in [1.29, 1.82) is 0 Å². The molecule has 5 rings (SSSR count). The number of amides is 1. The number of rotatable bonds is 10. The second kappa shape index (κ2) is 14.9. The Hall–Kier alpha value is -4.48. The van der Waals surface area contributed by atoms with E-state index in [4.69, 9.17) is 9.15 Å². The van der Waals surface area contributed by atoms with E-state index in [-0.39, 0.29) is 11.7 Å². The molecule has 222 valence electrons. The number of halogens is 1. The van der Waals surface area contributed by atoms with Crippen LogP contribution >= 0.6 is 0 Å². The molecule has 1 aromatic carbocycles. The molecule has 10 nitrogen and oxygen atoms in total. The summed E-state index contributed by atoms with van der Waals surface area (Å²) in [7, 11) is 3.80. The fraction of sp³-hybridized carbons (Fsp3) is 0.323. The van der Waals surface area contributed by atoms with E-state index in [0.29, 0.717) is 52.7 Å². The Labute approximate surface area is 244 Å². The maximum Gasteiger partial charge on any atom is 0.252 e. The molecule has 1 aliphatic rings. The molecule has 1 saturated heterocycles. The third-order valence-corrected chi connectivity index (χ3v) is 6.94. The van der Waals surface area contributed by atoms with Gasteiger partial charge in [0.2, 0.25) is 0 Å². The van der Waals surface area contributed by atoms with Crippen molar-refractivity contribution in [2.45, 2.75) is 13.3 Å². The SMILES string of the molecule is CNc1cc(Oc2ccnc(-c3cc(C(=O)NCCCN4CCN(C)CC4)c[nH]3)c2)ccc1F.Cc1ccoc1C=O. The number of ether oxygens (including phenoxy) is 1. The number of H-pyrrole nitrogens is 1. The highest BCUT2D eigenvalue weighted by Crippen LogP contribution is 2.28. The van der Waals surface area contributed by atoms with Gasteiger partial charge in [0.1, 0.15) is 17.3 Å². The summed E-state index contributed by atoms with van der Waals surface area (Å²) >= 11 is 0. The molecule has 11 heteroatoms. The number of pyridine rings is 1. The zero-order valence-electron chi connectivity index (χ0n) is 24.2. The van der Waals surface area contributed by atoms with Gasteiger partial charge in [-0.2, -0.15) is 0 Å². The average Bonchev–Trinajstić information content (AvgIpc) is 3.67. The second-order valence-electron chi connectivity index (χ2n) is 10.0. The molecule has 1 amide bonds. The first-order chi connectivity index (χ1) is 20.4. The lowest BCUT2D eigenvalue weighted by molar-refractivity contribution is 0.0949. The molecule has 0 unspecified atom stereocenters. The van der Waals surface area contributed by atoms with Crippen molar-refractivity contribution in [2.24, 2.45) is 0 Å². The minimum Gasteiger partial charge on any atom is -0.461 e. The highest BCUT2D eigenvalue weighted by atomic mass is 19.1. The number of aromatic nitrogens is 2. The monoisotopic (exact) mass is 576 g/mol. The van der Waals surface area contributed by atoms with Crippen molar-refractivity contribution in [3.05, 3.63) is 83.8 Å². The Balaban J connectivity index is 0.000000437. The molecule has 1 aliphatic heterocycles. The zero-order chi connectivity index (χ0) is 29.9. The van der Waals surface area contributed by atoms with Crippen LogP contribution in [0.25, 0.3) is 11.4 Å². The number of benzene rings is 1. The number of aldehydes is 1. The van der Waals surface area contributed by atoms with Crippen molar-refractivity contribution in [2.75, 3.05) is 58.7 Å².